The highest BCUT2D eigenvalue weighted by atomic mass is 35.5. The van der Waals surface area contributed by atoms with Crippen LogP contribution in [0.3, 0.4) is 0 Å². The summed E-state index contributed by atoms with van der Waals surface area (Å²) in [6.45, 7) is 3.40. The molecule has 37 heavy (non-hydrogen) atoms. The highest BCUT2D eigenvalue weighted by Gasteiger charge is 2.55. The van der Waals surface area contributed by atoms with Crippen molar-refractivity contribution in [2.24, 2.45) is 0 Å². The van der Waals surface area contributed by atoms with Gasteiger partial charge >= 0.3 is 0 Å². The number of piperazine rings is 1. The molecule has 8 nitrogen and oxygen atoms in total. The molecule has 3 fully saturated rings. The number of carbonyl (C=O) groups excluding carboxylic acids is 3. The molecule has 1 spiro atoms. The fraction of sp³-hybridized carbons (Fsp3) is 0.444. The Balaban J connectivity index is 1.39. The summed E-state index contributed by atoms with van der Waals surface area (Å²) < 4.78 is 20.3. The molecule has 0 aromatic heterocycles. The maximum atomic E-state index is 14.0. The average Bonchev–Trinajstić information content (AvgIpc) is 3.26. The third-order valence-electron chi connectivity index (χ3n) is 7.55. The molecule has 3 aliphatic heterocycles. The van der Waals surface area contributed by atoms with E-state index < -0.39 is 23.5 Å². The van der Waals surface area contributed by atoms with E-state index in [2.05, 4.69) is 4.90 Å². The molecule has 1 atom stereocenters. The predicted molar refractivity (Wildman–Crippen MR) is 136 cm³/mol. The number of halogens is 2. The minimum absolute atomic E-state index is 0.0640. The second-order valence-corrected chi connectivity index (χ2v) is 10.3. The number of hydrogen-bond acceptors (Lipinski definition) is 5. The molecule has 0 bridgehead atoms. The lowest BCUT2D eigenvalue weighted by atomic mass is 9.96. The van der Waals surface area contributed by atoms with Crippen LogP contribution in [0.4, 0.5) is 4.39 Å². The zero-order valence-corrected chi connectivity index (χ0v) is 21.5. The maximum Gasteiger partial charge on any atom is 0.256 e. The molecule has 0 aliphatic carbocycles. The number of hydrogen-bond donors (Lipinski definition) is 0. The quantitative estimate of drug-likeness (QED) is 0.612. The fourth-order valence-electron chi connectivity index (χ4n) is 5.42. The summed E-state index contributed by atoms with van der Waals surface area (Å²) in [5.74, 6) is -1.28. The summed E-state index contributed by atoms with van der Waals surface area (Å²) >= 11 is 6.07. The van der Waals surface area contributed by atoms with Crippen LogP contribution in [-0.2, 0) is 9.53 Å². The number of amides is 3. The third kappa shape index (κ3) is 5.08. The fourth-order valence-corrected chi connectivity index (χ4v) is 5.61. The van der Waals surface area contributed by atoms with Gasteiger partial charge in [0.2, 0.25) is 5.91 Å². The molecular weight excluding hydrogens is 499 g/mol. The van der Waals surface area contributed by atoms with Gasteiger partial charge in [0.1, 0.15) is 17.6 Å². The van der Waals surface area contributed by atoms with E-state index in [0.29, 0.717) is 49.6 Å². The molecule has 2 aromatic carbocycles. The van der Waals surface area contributed by atoms with Gasteiger partial charge in [-0.1, -0.05) is 23.7 Å². The lowest BCUT2D eigenvalue weighted by molar-refractivity contribution is -0.139. The molecule has 3 aliphatic rings. The van der Waals surface area contributed by atoms with Crippen molar-refractivity contribution in [3.63, 3.8) is 0 Å². The summed E-state index contributed by atoms with van der Waals surface area (Å²) in [7, 11) is 2.01. The number of carbonyl (C=O) groups is 3. The molecule has 0 radical (unpaired) electrons. The first kappa shape index (κ1) is 25.6. The zero-order valence-electron chi connectivity index (χ0n) is 20.7. The van der Waals surface area contributed by atoms with Gasteiger partial charge in [-0.3, -0.25) is 19.3 Å². The second kappa shape index (κ2) is 10.4. The van der Waals surface area contributed by atoms with Crippen molar-refractivity contribution < 1.29 is 23.5 Å². The normalized spacial score (nSPS) is 21.9. The Morgan fingerprint density at radius 1 is 0.892 bits per heavy atom. The van der Waals surface area contributed by atoms with E-state index in [0.717, 1.165) is 13.1 Å². The van der Waals surface area contributed by atoms with Gasteiger partial charge in [0.05, 0.1) is 6.61 Å². The summed E-state index contributed by atoms with van der Waals surface area (Å²) in [4.78, 5) is 47.6. The SMILES string of the molecule is CN1CCN(C(=O)[C@@H]2COC3(CCN(C(=O)c4cccc(Cl)c4)CC3)N2C(=O)c2cccc(F)c2)CC1. The predicted octanol–water partition coefficient (Wildman–Crippen LogP) is 2.73. The van der Waals surface area contributed by atoms with Crippen LogP contribution in [0.25, 0.3) is 0 Å². The van der Waals surface area contributed by atoms with Gasteiger partial charge in [-0.15, -0.1) is 0 Å². The topological polar surface area (TPSA) is 73.4 Å². The van der Waals surface area contributed by atoms with Crippen LogP contribution in [0.1, 0.15) is 33.6 Å². The van der Waals surface area contributed by atoms with E-state index in [1.165, 1.54) is 23.1 Å². The smallest absolute Gasteiger partial charge is 0.256 e. The zero-order chi connectivity index (χ0) is 26.2. The van der Waals surface area contributed by atoms with Crippen molar-refractivity contribution in [3.8, 4) is 0 Å². The van der Waals surface area contributed by atoms with E-state index in [1.54, 1.807) is 40.1 Å². The molecule has 0 unspecified atom stereocenters. The maximum absolute atomic E-state index is 14.0. The van der Waals surface area contributed by atoms with Crippen LogP contribution in [0.2, 0.25) is 5.02 Å². The van der Waals surface area contributed by atoms with Crippen LogP contribution >= 0.6 is 11.6 Å². The molecule has 10 heteroatoms. The van der Waals surface area contributed by atoms with Crippen LogP contribution in [-0.4, -0.2) is 102 Å². The van der Waals surface area contributed by atoms with Crippen LogP contribution in [0.5, 0.6) is 0 Å². The van der Waals surface area contributed by atoms with E-state index in [9.17, 15) is 18.8 Å². The minimum atomic E-state index is -1.05. The van der Waals surface area contributed by atoms with E-state index in [1.807, 2.05) is 7.05 Å². The molecule has 3 saturated heterocycles. The van der Waals surface area contributed by atoms with Gasteiger partial charge in [0.25, 0.3) is 11.8 Å². The molecule has 3 heterocycles. The highest BCUT2D eigenvalue weighted by molar-refractivity contribution is 6.30. The highest BCUT2D eigenvalue weighted by Crippen LogP contribution is 2.39. The second-order valence-electron chi connectivity index (χ2n) is 9.89. The number of nitrogens with zero attached hydrogens (tertiary/aromatic N) is 4. The molecule has 196 valence electrons. The number of ether oxygens (including phenoxy) is 1. The molecule has 0 N–H and O–H groups in total. The standard InChI is InChI=1S/C27H30ClFN4O4/c1-30-12-14-32(15-13-30)26(36)23-18-37-27(33(23)25(35)20-5-3-7-22(29)17-20)8-10-31(11-9-27)24(34)19-4-2-6-21(28)16-19/h2-7,16-17,23H,8-15,18H2,1H3/t23-/m0/s1. The Morgan fingerprint density at radius 3 is 2.19 bits per heavy atom. The van der Waals surface area contributed by atoms with E-state index >= 15 is 0 Å². The molecule has 3 amide bonds. The Labute approximate surface area is 220 Å². The summed E-state index contributed by atoms with van der Waals surface area (Å²) in [6.07, 6.45) is 0.680. The molecule has 2 aromatic rings. The van der Waals surface area contributed by atoms with Gasteiger partial charge in [-0.2, -0.15) is 0 Å². The Morgan fingerprint density at radius 2 is 1.54 bits per heavy atom. The van der Waals surface area contributed by atoms with Crippen LogP contribution in [0, 0.1) is 5.82 Å². The number of likely N-dealkylation sites (N-methyl/N-ethyl adjacent to an activating group) is 1. The molecular formula is C27H30ClFN4O4. The Hall–Kier alpha value is -3.01. The summed E-state index contributed by atoms with van der Waals surface area (Å²) in [6, 6.07) is 11.5. The first-order valence-corrected chi connectivity index (χ1v) is 12.9. The van der Waals surface area contributed by atoms with Crippen LogP contribution < -0.4 is 0 Å². The van der Waals surface area contributed by atoms with Gasteiger partial charge in [0.15, 0.2) is 0 Å². The van der Waals surface area contributed by atoms with Crippen molar-refractivity contribution >= 4 is 29.3 Å². The number of benzene rings is 2. The molecule has 5 rings (SSSR count). The Bertz CT molecular complexity index is 1190. The van der Waals surface area contributed by atoms with Crippen molar-refractivity contribution in [1.29, 1.82) is 0 Å². The third-order valence-corrected chi connectivity index (χ3v) is 7.79. The first-order chi connectivity index (χ1) is 17.8. The van der Waals surface area contributed by atoms with Crippen LogP contribution in [0.15, 0.2) is 48.5 Å². The van der Waals surface area contributed by atoms with E-state index in [4.69, 9.17) is 16.3 Å². The average molecular weight is 529 g/mol. The number of likely N-dealkylation sites (tertiary alicyclic amines) is 1. The van der Waals surface area contributed by atoms with Gasteiger partial charge in [-0.05, 0) is 43.4 Å². The summed E-state index contributed by atoms with van der Waals surface area (Å²) in [5, 5.41) is 0.482. The van der Waals surface area contributed by atoms with Gasteiger partial charge in [-0.25, -0.2) is 4.39 Å². The minimum Gasteiger partial charge on any atom is -0.353 e. The van der Waals surface area contributed by atoms with Crippen molar-refractivity contribution in [2.75, 3.05) is 52.9 Å². The lowest BCUT2D eigenvalue weighted by Crippen LogP contribution is -2.61. The Kier molecular flexibility index (Phi) is 7.20. The monoisotopic (exact) mass is 528 g/mol. The largest absolute Gasteiger partial charge is 0.353 e. The summed E-state index contributed by atoms with van der Waals surface area (Å²) in [5.41, 5.74) is -0.397. The lowest BCUT2D eigenvalue weighted by Gasteiger charge is -2.45. The van der Waals surface area contributed by atoms with Gasteiger partial charge in [0, 0.05) is 68.3 Å². The molecule has 0 saturated carbocycles. The number of rotatable bonds is 3. The van der Waals surface area contributed by atoms with Crippen molar-refractivity contribution in [1.82, 2.24) is 19.6 Å². The number of piperidine rings is 1. The van der Waals surface area contributed by atoms with Gasteiger partial charge < -0.3 is 19.4 Å². The van der Waals surface area contributed by atoms with Crippen molar-refractivity contribution in [2.45, 2.75) is 24.6 Å². The first-order valence-electron chi connectivity index (χ1n) is 12.5. The van der Waals surface area contributed by atoms with E-state index in [-0.39, 0.29) is 24.0 Å². The van der Waals surface area contributed by atoms with Crippen molar-refractivity contribution in [3.05, 3.63) is 70.5 Å².